The number of hydrogen-bond donors (Lipinski definition) is 1. The van der Waals surface area contributed by atoms with E-state index < -0.39 is 0 Å². The molecule has 2 aromatic rings. The van der Waals surface area contributed by atoms with Gasteiger partial charge in [-0.2, -0.15) is 0 Å². The summed E-state index contributed by atoms with van der Waals surface area (Å²) in [5.41, 5.74) is 1.88. The van der Waals surface area contributed by atoms with Crippen LogP contribution < -0.4 is 10.1 Å². The highest BCUT2D eigenvalue weighted by Gasteiger charge is 2.27. The van der Waals surface area contributed by atoms with Gasteiger partial charge in [-0.05, 0) is 61.7 Å². The van der Waals surface area contributed by atoms with Crippen LogP contribution in [0.4, 0.5) is 10.5 Å². The molecule has 1 saturated heterocycles. The Morgan fingerprint density at radius 2 is 1.71 bits per heavy atom. The Morgan fingerprint density at radius 3 is 2.32 bits per heavy atom. The molecule has 28 heavy (non-hydrogen) atoms. The smallest absolute Gasteiger partial charge is 0.319 e. The van der Waals surface area contributed by atoms with Gasteiger partial charge in [0.15, 0.2) is 0 Å². The molecule has 148 valence electrons. The minimum absolute atomic E-state index is 0.00283. The van der Waals surface area contributed by atoms with Crippen molar-refractivity contribution in [2.75, 3.05) is 32.5 Å². The van der Waals surface area contributed by atoms with Crippen molar-refractivity contribution in [2.45, 2.75) is 19.8 Å². The predicted molar refractivity (Wildman–Crippen MR) is 110 cm³/mol. The Balaban J connectivity index is 1.51. The molecule has 1 heterocycles. The maximum atomic E-state index is 12.5. The number of nitrogens with one attached hydrogen (secondary N) is 1. The average molecular weight is 381 g/mol. The van der Waals surface area contributed by atoms with Gasteiger partial charge in [-0.3, -0.25) is 4.79 Å². The van der Waals surface area contributed by atoms with Crippen LogP contribution in [0.2, 0.25) is 0 Å². The lowest BCUT2D eigenvalue weighted by atomic mass is 9.96. The van der Waals surface area contributed by atoms with Crippen LogP contribution in [0.3, 0.4) is 0 Å². The third-order valence-corrected chi connectivity index (χ3v) is 4.87. The molecule has 0 spiro atoms. The maximum Gasteiger partial charge on any atom is 0.319 e. The molecule has 0 aliphatic carbocycles. The maximum absolute atomic E-state index is 12.5. The predicted octanol–water partition coefficient (Wildman–Crippen LogP) is 4.12. The third kappa shape index (κ3) is 5.03. The van der Waals surface area contributed by atoms with E-state index >= 15 is 0 Å². The molecule has 6 heteroatoms. The molecule has 1 N–H and O–H groups in total. The first-order chi connectivity index (χ1) is 13.4. The lowest BCUT2D eigenvalue weighted by molar-refractivity contribution is -0.121. The van der Waals surface area contributed by atoms with E-state index in [1.54, 1.807) is 23.9 Å². The van der Waals surface area contributed by atoms with E-state index in [1.807, 2.05) is 55.5 Å². The van der Waals surface area contributed by atoms with Crippen LogP contribution in [-0.2, 0) is 4.79 Å². The SMILES string of the molecule is Cc1cccc(Oc2ccc(NC(=O)C3CCN(C(=O)N(C)C)CC3)cc2)c1. The minimum atomic E-state index is -0.0746. The fraction of sp³-hybridized carbons (Fsp3) is 0.364. The highest BCUT2D eigenvalue weighted by Crippen LogP contribution is 2.25. The number of carbonyl (C=O) groups excluding carboxylic acids is 2. The second-order valence-corrected chi connectivity index (χ2v) is 7.37. The van der Waals surface area contributed by atoms with Gasteiger partial charge in [-0.1, -0.05) is 12.1 Å². The monoisotopic (exact) mass is 381 g/mol. The lowest BCUT2D eigenvalue weighted by Crippen LogP contribution is -2.45. The Morgan fingerprint density at radius 1 is 1.04 bits per heavy atom. The summed E-state index contributed by atoms with van der Waals surface area (Å²) in [5.74, 6) is 1.44. The van der Waals surface area contributed by atoms with Gasteiger partial charge >= 0.3 is 6.03 Å². The average Bonchev–Trinajstić information content (AvgIpc) is 2.69. The summed E-state index contributed by atoms with van der Waals surface area (Å²) >= 11 is 0. The number of nitrogens with zero attached hydrogens (tertiary/aromatic N) is 2. The molecule has 6 nitrogen and oxygen atoms in total. The molecule has 1 aliphatic rings. The largest absolute Gasteiger partial charge is 0.457 e. The first kappa shape index (κ1) is 19.7. The Kier molecular flexibility index (Phi) is 6.19. The van der Waals surface area contributed by atoms with Gasteiger partial charge in [0.25, 0.3) is 0 Å². The fourth-order valence-corrected chi connectivity index (χ4v) is 3.28. The molecule has 3 amide bonds. The van der Waals surface area contributed by atoms with E-state index in [-0.39, 0.29) is 17.9 Å². The molecule has 0 unspecified atom stereocenters. The van der Waals surface area contributed by atoms with Crippen LogP contribution in [0, 0.1) is 12.8 Å². The van der Waals surface area contributed by atoms with Gasteiger partial charge < -0.3 is 19.9 Å². The number of anilines is 1. The van der Waals surface area contributed by atoms with E-state index in [0.717, 1.165) is 22.7 Å². The van der Waals surface area contributed by atoms with Crippen molar-refractivity contribution in [3.05, 3.63) is 54.1 Å². The molecule has 1 fully saturated rings. The lowest BCUT2D eigenvalue weighted by Gasteiger charge is -2.33. The Bertz CT molecular complexity index is 825. The Labute approximate surface area is 166 Å². The molecule has 0 atom stereocenters. The van der Waals surface area contributed by atoms with Crippen LogP contribution in [0.15, 0.2) is 48.5 Å². The van der Waals surface area contributed by atoms with Gasteiger partial charge in [0.1, 0.15) is 11.5 Å². The number of benzene rings is 2. The van der Waals surface area contributed by atoms with Crippen molar-refractivity contribution < 1.29 is 14.3 Å². The minimum Gasteiger partial charge on any atom is -0.457 e. The number of aryl methyl sites for hydroxylation is 1. The number of amides is 3. The summed E-state index contributed by atoms with van der Waals surface area (Å²) in [5, 5.41) is 2.97. The normalized spacial score (nSPS) is 14.5. The molecular weight excluding hydrogens is 354 g/mol. The van der Waals surface area contributed by atoms with Crippen molar-refractivity contribution >= 4 is 17.6 Å². The summed E-state index contributed by atoms with van der Waals surface area (Å²) in [6.45, 7) is 3.24. The second-order valence-electron chi connectivity index (χ2n) is 7.37. The van der Waals surface area contributed by atoms with Crippen LogP contribution >= 0.6 is 0 Å². The quantitative estimate of drug-likeness (QED) is 0.867. The topological polar surface area (TPSA) is 61.9 Å². The molecule has 0 saturated carbocycles. The fourth-order valence-electron chi connectivity index (χ4n) is 3.28. The zero-order chi connectivity index (χ0) is 20.1. The van der Waals surface area contributed by atoms with Crippen LogP contribution in [0.25, 0.3) is 0 Å². The molecule has 2 aromatic carbocycles. The molecule has 0 aromatic heterocycles. The molecular formula is C22H27N3O3. The van der Waals surface area contributed by atoms with Gasteiger partial charge in [0, 0.05) is 38.8 Å². The number of likely N-dealkylation sites (tertiary alicyclic amines) is 1. The molecule has 1 aliphatic heterocycles. The highest BCUT2D eigenvalue weighted by atomic mass is 16.5. The summed E-state index contributed by atoms with van der Waals surface area (Å²) in [6.07, 6.45) is 1.36. The summed E-state index contributed by atoms with van der Waals surface area (Å²) in [6, 6.07) is 15.2. The summed E-state index contributed by atoms with van der Waals surface area (Å²) in [4.78, 5) is 27.9. The van der Waals surface area contributed by atoms with Gasteiger partial charge in [0.2, 0.25) is 5.91 Å². The highest BCUT2D eigenvalue weighted by molar-refractivity contribution is 5.92. The van der Waals surface area contributed by atoms with Crippen LogP contribution in [0.5, 0.6) is 11.5 Å². The third-order valence-electron chi connectivity index (χ3n) is 4.87. The van der Waals surface area contributed by atoms with Crippen molar-refractivity contribution in [2.24, 2.45) is 5.92 Å². The van der Waals surface area contributed by atoms with Crippen LogP contribution in [-0.4, -0.2) is 48.9 Å². The number of urea groups is 1. The van der Waals surface area contributed by atoms with E-state index in [1.165, 1.54) is 0 Å². The van der Waals surface area contributed by atoms with E-state index in [2.05, 4.69) is 5.32 Å². The van der Waals surface area contributed by atoms with Gasteiger partial charge in [-0.15, -0.1) is 0 Å². The zero-order valence-corrected chi connectivity index (χ0v) is 16.6. The number of hydrogen-bond acceptors (Lipinski definition) is 3. The van der Waals surface area contributed by atoms with Gasteiger partial charge in [0.05, 0.1) is 0 Å². The van der Waals surface area contributed by atoms with Gasteiger partial charge in [-0.25, -0.2) is 4.79 Å². The number of ether oxygens (including phenoxy) is 1. The van der Waals surface area contributed by atoms with E-state index in [9.17, 15) is 9.59 Å². The van der Waals surface area contributed by atoms with Crippen LogP contribution in [0.1, 0.15) is 18.4 Å². The molecule has 0 radical (unpaired) electrons. The first-order valence-electron chi connectivity index (χ1n) is 9.54. The van der Waals surface area contributed by atoms with Crippen molar-refractivity contribution in [3.8, 4) is 11.5 Å². The summed E-state index contributed by atoms with van der Waals surface area (Å²) < 4.78 is 5.83. The standard InChI is InChI=1S/C22H27N3O3/c1-16-5-4-6-20(15-16)28-19-9-7-18(8-10-19)23-21(26)17-11-13-25(14-12-17)22(27)24(2)3/h4-10,15,17H,11-14H2,1-3H3,(H,23,26). The summed E-state index contributed by atoms with van der Waals surface area (Å²) in [7, 11) is 3.49. The van der Waals surface area contributed by atoms with Crippen molar-refractivity contribution in [3.63, 3.8) is 0 Å². The zero-order valence-electron chi connectivity index (χ0n) is 16.6. The van der Waals surface area contributed by atoms with E-state index in [0.29, 0.717) is 25.9 Å². The molecule has 0 bridgehead atoms. The number of carbonyl (C=O) groups is 2. The van der Waals surface area contributed by atoms with Crippen molar-refractivity contribution in [1.82, 2.24) is 9.80 Å². The number of rotatable bonds is 4. The molecule has 3 rings (SSSR count). The second kappa shape index (κ2) is 8.78. The Hall–Kier alpha value is -3.02. The van der Waals surface area contributed by atoms with E-state index in [4.69, 9.17) is 4.74 Å². The first-order valence-corrected chi connectivity index (χ1v) is 9.54. The number of piperidine rings is 1. The van der Waals surface area contributed by atoms with Crippen molar-refractivity contribution in [1.29, 1.82) is 0 Å².